The van der Waals surface area contributed by atoms with Gasteiger partial charge in [-0.05, 0) is 89.5 Å². The fourth-order valence-electron chi connectivity index (χ4n) is 5.11. The topological polar surface area (TPSA) is 25.8 Å². The summed E-state index contributed by atoms with van der Waals surface area (Å²) in [6.07, 6.45) is 0. The molecule has 5 aromatic rings. The molecule has 2 aromatic heterocycles. The van der Waals surface area contributed by atoms with E-state index in [0.29, 0.717) is 0 Å². The second kappa shape index (κ2) is 8.05. The highest BCUT2D eigenvalue weighted by molar-refractivity contribution is 9.10. The quantitative estimate of drug-likeness (QED) is 0.203. The predicted molar refractivity (Wildman–Crippen MR) is 140 cm³/mol. The Morgan fingerprint density at radius 3 is 1.24 bits per heavy atom. The zero-order valence-electron chi connectivity index (χ0n) is 17.5. The predicted octanol–water partition coefficient (Wildman–Crippen LogP) is 8.03. The summed E-state index contributed by atoms with van der Waals surface area (Å²) in [6, 6.07) is 38.2. The van der Waals surface area contributed by atoms with Crippen molar-refractivity contribution in [1.82, 2.24) is 9.97 Å². The summed E-state index contributed by atoms with van der Waals surface area (Å²) >= 11 is 7.25. The maximum Gasteiger partial charge on any atom is 0.106 e. The molecule has 0 spiro atoms. The van der Waals surface area contributed by atoms with Crippen molar-refractivity contribution >= 4 is 31.9 Å². The van der Waals surface area contributed by atoms with Gasteiger partial charge in [-0.1, -0.05) is 84.9 Å². The van der Waals surface area contributed by atoms with Crippen LogP contribution < -0.4 is 0 Å². The highest BCUT2D eigenvalue weighted by Crippen LogP contribution is 2.54. The van der Waals surface area contributed by atoms with Gasteiger partial charge < -0.3 is 0 Å². The first-order chi connectivity index (χ1) is 16.2. The molecule has 0 unspecified atom stereocenters. The van der Waals surface area contributed by atoms with Crippen LogP contribution in [-0.2, 0) is 5.41 Å². The van der Waals surface area contributed by atoms with Gasteiger partial charge in [0.05, 0.1) is 11.4 Å². The number of benzene rings is 3. The van der Waals surface area contributed by atoms with Gasteiger partial charge in [0.1, 0.15) is 14.6 Å². The Labute approximate surface area is 209 Å². The third kappa shape index (κ3) is 3.12. The number of pyridine rings is 2. The van der Waals surface area contributed by atoms with E-state index in [1.807, 2.05) is 12.1 Å². The fraction of sp³-hybridized carbons (Fsp3) is 0.0345. The molecule has 4 heteroatoms. The van der Waals surface area contributed by atoms with Crippen LogP contribution in [0, 0.1) is 0 Å². The van der Waals surface area contributed by atoms with Crippen LogP contribution in [0.1, 0.15) is 22.5 Å². The monoisotopic (exact) mass is 552 g/mol. The first kappa shape index (κ1) is 20.5. The Morgan fingerprint density at radius 2 is 0.818 bits per heavy atom. The molecular weight excluding hydrogens is 536 g/mol. The van der Waals surface area contributed by atoms with E-state index in [9.17, 15) is 0 Å². The molecule has 0 saturated heterocycles. The Bertz CT molecular complexity index is 1400. The molecule has 2 nitrogen and oxygen atoms in total. The number of rotatable bonds is 2. The second-order valence-corrected chi connectivity index (χ2v) is 9.70. The van der Waals surface area contributed by atoms with E-state index in [2.05, 4.69) is 129 Å². The van der Waals surface area contributed by atoms with Gasteiger partial charge in [0.25, 0.3) is 0 Å². The molecule has 0 N–H and O–H groups in total. The van der Waals surface area contributed by atoms with Crippen molar-refractivity contribution in [2.45, 2.75) is 5.41 Å². The molecule has 158 valence electrons. The lowest BCUT2D eigenvalue weighted by Crippen LogP contribution is -2.33. The van der Waals surface area contributed by atoms with Crippen molar-refractivity contribution in [1.29, 1.82) is 0 Å². The van der Waals surface area contributed by atoms with Crippen LogP contribution in [0.15, 0.2) is 118 Å². The zero-order chi connectivity index (χ0) is 22.4. The maximum atomic E-state index is 5.04. The van der Waals surface area contributed by atoms with E-state index >= 15 is 0 Å². The summed E-state index contributed by atoms with van der Waals surface area (Å²) in [4.78, 5) is 10.1. The minimum absolute atomic E-state index is 0.709. The smallest absolute Gasteiger partial charge is 0.106 e. The first-order valence-corrected chi connectivity index (χ1v) is 12.3. The molecule has 2 heterocycles. The van der Waals surface area contributed by atoms with Crippen LogP contribution >= 0.6 is 31.9 Å². The van der Waals surface area contributed by atoms with Crippen LogP contribution in [0.3, 0.4) is 0 Å². The van der Waals surface area contributed by atoms with Crippen LogP contribution in [0.5, 0.6) is 0 Å². The summed E-state index contributed by atoms with van der Waals surface area (Å²) in [5.41, 5.74) is 8.28. The highest BCUT2D eigenvalue weighted by atomic mass is 79.9. The Hall–Kier alpha value is -3.08. The van der Waals surface area contributed by atoms with Crippen molar-refractivity contribution in [3.63, 3.8) is 0 Å². The lowest BCUT2D eigenvalue weighted by molar-refractivity contribution is 0.688. The highest BCUT2D eigenvalue weighted by Gasteiger charge is 2.46. The van der Waals surface area contributed by atoms with Gasteiger partial charge in [-0.2, -0.15) is 0 Å². The number of nitrogens with zero attached hydrogens (tertiary/aromatic N) is 2. The van der Waals surface area contributed by atoms with Crippen LogP contribution in [0.2, 0.25) is 0 Å². The molecule has 1 aliphatic rings. The van der Waals surface area contributed by atoms with Gasteiger partial charge in [-0.15, -0.1) is 0 Å². The molecule has 3 aromatic carbocycles. The number of hydrogen-bond donors (Lipinski definition) is 0. The summed E-state index contributed by atoms with van der Waals surface area (Å²) in [6.45, 7) is 0. The van der Waals surface area contributed by atoms with Gasteiger partial charge in [-0.25, -0.2) is 9.97 Å². The lowest BCUT2D eigenvalue weighted by Gasteiger charge is -2.36. The number of aromatic nitrogens is 2. The molecule has 1 aliphatic carbocycles. The van der Waals surface area contributed by atoms with Crippen molar-refractivity contribution in [3.8, 4) is 22.3 Å². The van der Waals surface area contributed by atoms with Crippen LogP contribution in [0.25, 0.3) is 22.3 Å². The number of hydrogen-bond acceptors (Lipinski definition) is 2. The van der Waals surface area contributed by atoms with Gasteiger partial charge >= 0.3 is 0 Å². The van der Waals surface area contributed by atoms with Crippen LogP contribution in [0.4, 0.5) is 0 Å². The summed E-state index contributed by atoms with van der Waals surface area (Å²) in [5.74, 6) is 0. The molecule has 0 radical (unpaired) electrons. The SMILES string of the molecule is Brc1cccc(C2(c3cccc(Br)n3)c3ccccc3-c3ccccc3-c3ccccc32)n1. The van der Waals surface area contributed by atoms with Gasteiger partial charge in [0.2, 0.25) is 0 Å². The van der Waals surface area contributed by atoms with E-state index in [1.54, 1.807) is 0 Å². The van der Waals surface area contributed by atoms with E-state index < -0.39 is 5.41 Å². The van der Waals surface area contributed by atoms with Gasteiger partial charge in [-0.3, -0.25) is 0 Å². The molecular formula is C29H18Br2N2. The largest absolute Gasteiger partial charge is 0.244 e. The number of halogens is 2. The van der Waals surface area contributed by atoms with Crippen molar-refractivity contribution in [2.24, 2.45) is 0 Å². The molecule has 0 amide bonds. The molecule has 0 atom stereocenters. The van der Waals surface area contributed by atoms with E-state index in [4.69, 9.17) is 9.97 Å². The third-order valence-electron chi connectivity index (χ3n) is 6.37. The van der Waals surface area contributed by atoms with E-state index in [0.717, 1.165) is 20.6 Å². The average molecular weight is 554 g/mol. The molecule has 0 bridgehead atoms. The minimum Gasteiger partial charge on any atom is -0.244 e. The lowest BCUT2D eigenvalue weighted by atomic mass is 9.67. The van der Waals surface area contributed by atoms with E-state index in [-0.39, 0.29) is 0 Å². The summed E-state index contributed by atoms with van der Waals surface area (Å²) in [7, 11) is 0. The molecule has 33 heavy (non-hydrogen) atoms. The van der Waals surface area contributed by atoms with Crippen molar-refractivity contribution < 1.29 is 0 Å². The molecule has 0 aliphatic heterocycles. The van der Waals surface area contributed by atoms with Crippen molar-refractivity contribution in [3.05, 3.63) is 141 Å². The van der Waals surface area contributed by atoms with Gasteiger partial charge in [0, 0.05) is 0 Å². The average Bonchev–Trinajstić information content (AvgIpc) is 2.96. The Morgan fingerprint density at radius 1 is 0.424 bits per heavy atom. The fourth-order valence-corrected chi connectivity index (χ4v) is 5.79. The molecule has 6 rings (SSSR count). The summed E-state index contributed by atoms with van der Waals surface area (Å²) < 4.78 is 1.59. The van der Waals surface area contributed by atoms with Crippen LogP contribution in [-0.4, -0.2) is 9.97 Å². The zero-order valence-corrected chi connectivity index (χ0v) is 20.7. The normalized spacial score (nSPS) is 13.4. The van der Waals surface area contributed by atoms with E-state index in [1.165, 1.54) is 33.4 Å². The second-order valence-electron chi connectivity index (χ2n) is 8.08. The molecule has 0 saturated carbocycles. The van der Waals surface area contributed by atoms with Crippen molar-refractivity contribution in [2.75, 3.05) is 0 Å². The maximum absolute atomic E-state index is 5.04. The standard InChI is InChI=1S/C29H18Br2N2/c30-27-17-7-15-25(32-27)29(26-16-8-18-28(31)33-26)23-13-5-3-11-21(23)19-9-1-2-10-20(19)22-12-4-6-14-24(22)29/h1-18H. The molecule has 0 fully saturated rings. The Kier molecular flexibility index (Phi) is 5.01. The third-order valence-corrected chi connectivity index (χ3v) is 7.25. The Balaban J connectivity index is 1.89. The minimum atomic E-state index is -0.709. The number of fused-ring (bicyclic) bond motifs is 5. The summed E-state index contributed by atoms with van der Waals surface area (Å²) in [5, 5.41) is 0. The first-order valence-electron chi connectivity index (χ1n) is 10.7. The van der Waals surface area contributed by atoms with Gasteiger partial charge in [0.15, 0.2) is 0 Å².